The molecule has 0 unspecified atom stereocenters. The Morgan fingerprint density at radius 2 is 1.16 bits per heavy atom. The maximum Gasteiger partial charge on any atom is 0.195 e. The molecule has 0 atom stereocenters. The van der Waals surface area contributed by atoms with Gasteiger partial charge in [0.25, 0.3) is 0 Å². The molecule has 15 heteroatoms. The summed E-state index contributed by atoms with van der Waals surface area (Å²) in [5, 5.41) is 3.13. The second-order valence-electron chi connectivity index (χ2n) is 11.5. The molecule has 0 fully saturated rings. The van der Waals surface area contributed by atoms with Gasteiger partial charge in [-0.1, -0.05) is 12.1 Å². The Morgan fingerprint density at radius 3 is 1.69 bits per heavy atom. The summed E-state index contributed by atoms with van der Waals surface area (Å²) in [6.45, 7) is 4.00. The molecule has 7 aromatic rings. The average Bonchev–Trinajstić information content (AvgIpc) is 3.62. The number of nitrogens with one attached hydrogen (secondary N) is 1. The zero-order valence-electron chi connectivity index (χ0n) is 27.1. The van der Waals surface area contributed by atoms with Gasteiger partial charge in [0, 0.05) is 38.0 Å². The molecule has 0 spiro atoms. The minimum absolute atomic E-state index is 0.128. The first-order valence-electron chi connectivity index (χ1n) is 14.9. The summed E-state index contributed by atoms with van der Waals surface area (Å²) < 4.78 is 67.2. The number of hydrogen-bond donors (Lipinski definition) is 1. The van der Waals surface area contributed by atoms with Crippen LogP contribution in [0.2, 0.25) is 0 Å². The van der Waals surface area contributed by atoms with E-state index < -0.39 is 9.84 Å². The normalized spacial score (nSPS) is 11.5. The van der Waals surface area contributed by atoms with E-state index in [1.54, 1.807) is 43.1 Å². The van der Waals surface area contributed by atoms with E-state index in [9.17, 15) is 21.6 Å². The number of sulfone groups is 1. The molecule has 11 nitrogen and oxygen atoms in total. The van der Waals surface area contributed by atoms with Gasteiger partial charge >= 0.3 is 0 Å². The summed E-state index contributed by atoms with van der Waals surface area (Å²) >= 11 is 0. The summed E-state index contributed by atoms with van der Waals surface area (Å²) in [7, 11) is 0.00388. The van der Waals surface area contributed by atoms with Crippen LogP contribution in [-0.4, -0.2) is 53.7 Å². The number of anilines is 1. The van der Waals surface area contributed by atoms with Crippen molar-refractivity contribution < 1.29 is 21.6 Å². The Bertz CT molecular complexity index is 2460. The van der Waals surface area contributed by atoms with Crippen molar-refractivity contribution in [3.8, 4) is 22.8 Å². The van der Waals surface area contributed by atoms with Crippen LogP contribution in [0, 0.1) is 31.3 Å². The average molecular weight is 686 g/mol. The van der Waals surface area contributed by atoms with Gasteiger partial charge in [-0.05, 0) is 79.1 Å². The smallest absolute Gasteiger partial charge is 0.195 e. The molecular weight excluding hydrogens is 655 g/mol. The van der Waals surface area contributed by atoms with Crippen molar-refractivity contribution in [3.05, 3.63) is 107 Å². The van der Waals surface area contributed by atoms with Crippen LogP contribution in [0.5, 0.6) is 0 Å². The van der Waals surface area contributed by atoms with Crippen LogP contribution in [0.25, 0.3) is 45.1 Å². The summed E-state index contributed by atoms with van der Waals surface area (Å²) in [6, 6.07) is 15.0. The van der Waals surface area contributed by atoms with Gasteiger partial charge in [-0.25, -0.2) is 51.5 Å². The van der Waals surface area contributed by atoms with Crippen molar-refractivity contribution in [1.29, 1.82) is 0 Å². The molecule has 4 heterocycles. The highest BCUT2D eigenvalue weighted by Crippen LogP contribution is 2.28. The standard InChI is InChI=1S/C20H17F2N5.C14H13FN4O2S/c1-12-9-15(22)7-8-16(12)18-25-19(17-20(26-18)27(2)11-24-17)23-10-13-3-5-14(21)6-4-13;1-8-6-9(15)4-5-10(8)12-17-13-11(16-7-19(13)2)14(18-12)22(3,20)21/h3-9,11H,10H2,1-2H3,(H,23,25,26);4-7H,1-3H3. The highest BCUT2D eigenvalue weighted by Gasteiger charge is 2.21. The number of aryl methyl sites for hydroxylation is 4. The van der Waals surface area contributed by atoms with Gasteiger partial charge in [0.15, 0.2) is 43.6 Å². The first-order chi connectivity index (χ1) is 23.3. The Labute approximate surface area is 279 Å². The third-order valence-electron chi connectivity index (χ3n) is 7.67. The lowest BCUT2D eigenvalue weighted by molar-refractivity contribution is 0.599. The number of rotatable bonds is 6. The zero-order valence-corrected chi connectivity index (χ0v) is 27.9. The molecule has 0 amide bonds. The van der Waals surface area contributed by atoms with Crippen LogP contribution in [0.1, 0.15) is 16.7 Å². The van der Waals surface area contributed by atoms with Gasteiger partial charge in [0.1, 0.15) is 28.5 Å². The second kappa shape index (κ2) is 13.1. The Hall–Kier alpha value is -5.70. The highest BCUT2D eigenvalue weighted by molar-refractivity contribution is 7.90. The largest absolute Gasteiger partial charge is 0.364 e. The predicted octanol–water partition coefficient (Wildman–Crippen LogP) is 6.11. The molecule has 3 aromatic carbocycles. The minimum atomic E-state index is -3.57. The lowest BCUT2D eigenvalue weighted by atomic mass is 10.1. The number of aromatic nitrogens is 8. The van der Waals surface area contributed by atoms with E-state index in [0.717, 1.165) is 22.9 Å². The van der Waals surface area contributed by atoms with E-state index in [-0.39, 0.29) is 33.8 Å². The SMILES string of the molecule is Cc1cc(F)ccc1-c1nc(NCc2ccc(F)cc2)c2ncn(C)c2n1.Cc1cc(F)ccc1-c1nc(S(C)(=O)=O)c2ncn(C)c2n1. The van der Waals surface area contributed by atoms with Crippen molar-refractivity contribution in [2.24, 2.45) is 14.1 Å². The molecular formula is C34H30F3N9O2S. The minimum Gasteiger partial charge on any atom is -0.364 e. The van der Waals surface area contributed by atoms with E-state index >= 15 is 0 Å². The number of benzene rings is 3. The van der Waals surface area contributed by atoms with Crippen molar-refractivity contribution in [2.75, 3.05) is 11.6 Å². The summed E-state index contributed by atoms with van der Waals surface area (Å²) in [5.74, 6) is 0.351. The Balaban J connectivity index is 0.000000174. The molecule has 0 saturated carbocycles. The molecule has 0 radical (unpaired) electrons. The van der Waals surface area contributed by atoms with Gasteiger partial charge < -0.3 is 14.5 Å². The topological polar surface area (TPSA) is 133 Å². The monoisotopic (exact) mass is 685 g/mol. The highest BCUT2D eigenvalue weighted by atomic mass is 32.2. The molecule has 0 aliphatic carbocycles. The zero-order chi connectivity index (χ0) is 35.0. The molecule has 7 rings (SSSR count). The van der Waals surface area contributed by atoms with Gasteiger partial charge in [-0.3, -0.25) is 0 Å². The number of fused-ring (bicyclic) bond motifs is 2. The first kappa shape index (κ1) is 33.2. The maximum absolute atomic E-state index is 13.5. The van der Waals surface area contributed by atoms with E-state index in [0.29, 0.717) is 46.1 Å². The van der Waals surface area contributed by atoms with Crippen molar-refractivity contribution >= 4 is 38.0 Å². The van der Waals surface area contributed by atoms with Crippen LogP contribution in [0.4, 0.5) is 19.0 Å². The summed E-state index contributed by atoms with van der Waals surface area (Å²) in [6.07, 6.45) is 4.23. The number of halogens is 3. The van der Waals surface area contributed by atoms with Crippen LogP contribution < -0.4 is 5.32 Å². The fraction of sp³-hybridized carbons (Fsp3) is 0.176. The molecule has 4 aromatic heterocycles. The van der Waals surface area contributed by atoms with E-state index in [2.05, 4.69) is 35.2 Å². The first-order valence-corrected chi connectivity index (χ1v) is 16.8. The maximum atomic E-state index is 13.5. The fourth-order valence-electron chi connectivity index (χ4n) is 5.15. The second-order valence-corrected chi connectivity index (χ2v) is 13.4. The van der Waals surface area contributed by atoms with Gasteiger partial charge in [-0.15, -0.1) is 0 Å². The Morgan fingerprint density at radius 1 is 0.673 bits per heavy atom. The van der Waals surface area contributed by atoms with Gasteiger partial charge in [-0.2, -0.15) is 0 Å². The van der Waals surface area contributed by atoms with Crippen molar-refractivity contribution in [3.63, 3.8) is 0 Å². The van der Waals surface area contributed by atoms with Crippen molar-refractivity contribution in [1.82, 2.24) is 39.0 Å². The van der Waals surface area contributed by atoms with Gasteiger partial charge in [0.05, 0.1) is 12.7 Å². The third kappa shape index (κ3) is 6.97. The van der Waals surface area contributed by atoms with E-state index in [1.165, 1.54) is 48.8 Å². The lowest BCUT2D eigenvalue weighted by Gasteiger charge is -2.10. The number of imidazole rings is 2. The fourth-order valence-corrected chi connectivity index (χ4v) is 5.90. The molecule has 0 saturated heterocycles. The molecule has 250 valence electrons. The quantitative estimate of drug-likeness (QED) is 0.206. The molecule has 49 heavy (non-hydrogen) atoms. The van der Waals surface area contributed by atoms with E-state index in [1.807, 2.05) is 18.5 Å². The van der Waals surface area contributed by atoms with Crippen LogP contribution in [0.15, 0.2) is 78.3 Å². The van der Waals surface area contributed by atoms with E-state index in [4.69, 9.17) is 0 Å². The lowest BCUT2D eigenvalue weighted by Crippen LogP contribution is -2.06. The number of nitrogens with zero attached hydrogens (tertiary/aromatic N) is 8. The third-order valence-corrected chi connectivity index (χ3v) is 8.66. The van der Waals surface area contributed by atoms with Crippen LogP contribution >= 0.6 is 0 Å². The van der Waals surface area contributed by atoms with Gasteiger partial charge in [0.2, 0.25) is 0 Å². The molecule has 0 bridgehead atoms. The molecule has 1 N–H and O–H groups in total. The summed E-state index contributed by atoms with van der Waals surface area (Å²) in [4.78, 5) is 26.2. The van der Waals surface area contributed by atoms with Crippen molar-refractivity contribution in [2.45, 2.75) is 25.4 Å². The molecule has 0 aliphatic rings. The number of hydrogen-bond acceptors (Lipinski definition) is 9. The predicted molar refractivity (Wildman–Crippen MR) is 180 cm³/mol. The Kier molecular flexibility index (Phi) is 8.86. The van der Waals surface area contributed by atoms with Crippen LogP contribution in [0.3, 0.4) is 0 Å². The summed E-state index contributed by atoms with van der Waals surface area (Å²) in [5.41, 5.74) is 5.58. The van der Waals surface area contributed by atoms with Crippen LogP contribution in [-0.2, 0) is 30.5 Å². The molecule has 0 aliphatic heterocycles.